The summed E-state index contributed by atoms with van der Waals surface area (Å²) in [6, 6.07) is 2.40. The van der Waals surface area contributed by atoms with Crippen LogP contribution < -0.4 is 4.72 Å². The van der Waals surface area contributed by atoms with Gasteiger partial charge < -0.3 is 5.11 Å². The predicted molar refractivity (Wildman–Crippen MR) is 78.1 cm³/mol. The molecule has 0 saturated heterocycles. The van der Waals surface area contributed by atoms with Gasteiger partial charge in [0.15, 0.2) is 0 Å². The second kappa shape index (κ2) is 6.61. The lowest BCUT2D eigenvalue weighted by Crippen LogP contribution is -2.26. The number of benzene rings is 1. The summed E-state index contributed by atoms with van der Waals surface area (Å²) in [5, 5.41) is 10.9. The second-order valence-electron chi connectivity index (χ2n) is 4.50. The second-order valence-corrected chi connectivity index (χ2v) is 6.98. The average Bonchev–Trinajstić information content (AvgIpc) is 2.94. The summed E-state index contributed by atoms with van der Waals surface area (Å²) >= 11 is 1.44. The van der Waals surface area contributed by atoms with Crippen LogP contribution in [0.5, 0.6) is 0 Å². The maximum absolute atomic E-state index is 13.6. The van der Waals surface area contributed by atoms with Gasteiger partial charge in [-0.2, -0.15) is 0 Å². The highest BCUT2D eigenvalue weighted by atomic mass is 32.2. The van der Waals surface area contributed by atoms with E-state index in [1.165, 1.54) is 24.3 Å². The van der Waals surface area contributed by atoms with Crippen molar-refractivity contribution in [2.75, 3.05) is 6.54 Å². The van der Waals surface area contributed by atoms with Gasteiger partial charge in [0.1, 0.15) is 5.82 Å². The number of halogens is 1. The topological polar surface area (TPSA) is 79.3 Å². The van der Waals surface area contributed by atoms with E-state index in [0.29, 0.717) is 6.42 Å². The summed E-state index contributed by atoms with van der Waals surface area (Å²) < 4.78 is 40.4. The van der Waals surface area contributed by atoms with Gasteiger partial charge in [0.2, 0.25) is 10.0 Å². The Morgan fingerprint density at radius 3 is 2.81 bits per heavy atom. The molecule has 0 aliphatic rings. The number of hydrogen-bond acceptors (Lipinski definition) is 5. The van der Waals surface area contributed by atoms with Crippen molar-refractivity contribution < 1.29 is 17.9 Å². The zero-order valence-corrected chi connectivity index (χ0v) is 13.0. The first-order valence-electron chi connectivity index (χ1n) is 6.20. The molecule has 0 atom stereocenters. The van der Waals surface area contributed by atoms with Crippen molar-refractivity contribution >= 4 is 21.4 Å². The number of aryl methyl sites for hydroxylation is 1. The Bertz CT molecular complexity index is 715. The lowest BCUT2D eigenvalue weighted by atomic mass is 10.1. The Labute approximate surface area is 126 Å². The first kappa shape index (κ1) is 16.0. The molecule has 1 aromatic carbocycles. The molecule has 2 N–H and O–H groups in total. The van der Waals surface area contributed by atoms with E-state index in [9.17, 15) is 12.8 Å². The van der Waals surface area contributed by atoms with Gasteiger partial charge in [-0.25, -0.2) is 22.5 Å². The van der Waals surface area contributed by atoms with E-state index in [1.807, 2.05) is 5.38 Å². The molecule has 21 heavy (non-hydrogen) atoms. The van der Waals surface area contributed by atoms with Crippen LogP contribution in [0.25, 0.3) is 0 Å². The molecule has 0 radical (unpaired) electrons. The zero-order chi connectivity index (χ0) is 15.5. The molecule has 0 saturated carbocycles. The van der Waals surface area contributed by atoms with Gasteiger partial charge >= 0.3 is 0 Å². The van der Waals surface area contributed by atoms with Gasteiger partial charge in [0, 0.05) is 23.9 Å². The van der Waals surface area contributed by atoms with Gasteiger partial charge in [0.25, 0.3) is 0 Å². The SMILES string of the molecule is Cc1cc(S(=O)(=O)NCCc2cscn2)cc(CO)c1F. The number of hydrogen-bond donors (Lipinski definition) is 2. The van der Waals surface area contributed by atoms with E-state index in [2.05, 4.69) is 9.71 Å². The molecule has 5 nitrogen and oxygen atoms in total. The molecule has 0 aliphatic heterocycles. The largest absolute Gasteiger partial charge is 0.392 e. The molecule has 0 unspecified atom stereocenters. The van der Waals surface area contributed by atoms with Crippen molar-refractivity contribution in [3.63, 3.8) is 0 Å². The summed E-state index contributed by atoms with van der Waals surface area (Å²) in [7, 11) is -3.74. The third kappa shape index (κ3) is 3.85. The molecule has 114 valence electrons. The Kier molecular flexibility index (Phi) is 5.04. The van der Waals surface area contributed by atoms with Crippen molar-refractivity contribution in [1.82, 2.24) is 9.71 Å². The third-order valence-electron chi connectivity index (χ3n) is 2.94. The summed E-state index contributed by atoms with van der Waals surface area (Å²) in [4.78, 5) is 4.01. The lowest BCUT2D eigenvalue weighted by molar-refractivity contribution is 0.275. The molecule has 0 bridgehead atoms. The first-order chi connectivity index (χ1) is 9.94. The standard InChI is InChI=1S/C13H15FN2O3S2/c1-9-4-12(5-10(6-17)13(9)14)21(18,19)16-3-2-11-7-20-8-15-11/h4-5,7-8,16-17H,2-3,6H2,1H3. The van der Waals surface area contributed by atoms with Crippen molar-refractivity contribution in [3.8, 4) is 0 Å². The van der Waals surface area contributed by atoms with Gasteiger partial charge in [-0.1, -0.05) is 0 Å². The summed E-state index contributed by atoms with van der Waals surface area (Å²) in [6.07, 6.45) is 0.482. The lowest BCUT2D eigenvalue weighted by Gasteiger charge is -2.10. The van der Waals surface area contributed by atoms with Crippen LogP contribution in [-0.4, -0.2) is 25.1 Å². The number of aliphatic hydroxyl groups excluding tert-OH is 1. The highest BCUT2D eigenvalue weighted by molar-refractivity contribution is 7.89. The Morgan fingerprint density at radius 2 is 2.19 bits per heavy atom. The maximum atomic E-state index is 13.6. The number of rotatable bonds is 6. The average molecular weight is 330 g/mol. The minimum atomic E-state index is -3.74. The zero-order valence-electron chi connectivity index (χ0n) is 11.3. The predicted octanol–water partition coefficient (Wildman–Crippen LogP) is 1.60. The van der Waals surface area contributed by atoms with Crippen molar-refractivity contribution in [1.29, 1.82) is 0 Å². The molecule has 0 aliphatic carbocycles. The van der Waals surface area contributed by atoms with Gasteiger partial charge in [-0.3, -0.25) is 0 Å². The fourth-order valence-electron chi connectivity index (χ4n) is 1.83. The number of aromatic nitrogens is 1. The van der Waals surface area contributed by atoms with E-state index in [4.69, 9.17) is 5.11 Å². The van der Waals surface area contributed by atoms with Crippen LogP contribution in [0, 0.1) is 12.7 Å². The van der Waals surface area contributed by atoms with Crippen LogP contribution in [0.1, 0.15) is 16.8 Å². The number of nitrogens with one attached hydrogen (secondary N) is 1. The van der Waals surface area contributed by atoms with Crippen LogP contribution in [-0.2, 0) is 23.1 Å². The summed E-state index contributed by atoms with van der Waals surface area (Å²) in [6.45, 7) is 1.12. The number of sulfonamides is 1. The van der Waals surface area contributed by atoms with Crippen LogP contribution in [0.15, 0.2) is 27.9 Å². The molecule has 0 fully saturated rings. The van der Waals surface area contributed by atoms with Crippen molar-refractivity contribution in [2.24, 2.45) is 0 Å². The number of thiazole rings is 1. The highest BCUT2D eigenvalue weighted by Gasteiger charge is 2.17. The van der Waals surface area contributed by atoms with E-state index in [0.717, 1.165) is 11.8 Å². The highest BCUT2D eigenvalue weighted by Crippen LogP contribution is 2.19. The molecule has 8 heteroatoms. The molecule has 1 aromatic heterocycles. The molecule has 0 amide bonds. The molecule has 2 aromatic rings. The van der Waals surface area contributed by atoms with Crippen molar-refractivity contribution in [2.45, 2.75) is 24.8 Å². The fraction of sp³-hybridized carbons (Fsp3) is 0.308. The van der Waals surface area contributed by atoms with Crippen LogP contribution in [0.3, 0.4) is 0 Å². The fourth-order valence-corrected chi connectivity index (χ4v) is 3.59. The number of nitrogens with zero attached hydrogens (tertiary/aromatic N) is 1. The first-order valence-corrected chi connectivity index (χ1v) is 8.63. The normalized spacial score (nSPS) is 11.8. The molecule has 2 rings (SSSR count). The maximum Gasteiger partial charge on any atom is 0.240 e. The van der Waals surface area contributed by atoms with Crippen LogP contribution >= 0.6 is 11.3 Å². The minimum Gasteiger partial charge on any atom is -0.392 e. The summed E-state index contributed by atoms with van der Waals surface area (Å²) in [5.41, 5.74) is 2.64. The minimum absolute atomic E-state index is 0.0325. The van der Waals surface area contributed by atoms with Gasteiger partial charge in [0.05, 0.1) is 22.7 Å². The van der Waals surface area contributed by atoms with Crippen LogP contribution in [0.4, 0.5) is 4.39 Å². The van der Waals surface area contributed by atoms with Gasteiger partial charge in [-0.15, -0.1) is 11.3 Å². The van der Waals surface area contributed by atoms with Crippen molar-refractivity contribution in [3.05, 3.63) is 45.7 Å². The number of aliphatic hydroxyl groups is 1. The van der Waals surface area contributed by atoms with E-state index < -0.39 is 22.4 Å². The van der Waals surface area contributed by atoms with E-state index >= 15 is 0 Å². The van der Waals surface area contributed by atoms with E-state index in [-0.39, 0.29) is 22.6 Å². The smallest absolute Gasteiger partial charge is 0.240 e. The van der Waals surface area contributed by atoms with Gasteiger partial charge in [-0.05, 0) is 24.6 Å². The monoisotopic (exact) mass is 330 g/mol. The molecule has 0 spiro atoms. The molecule has 1 heterocycles. The quantitative estimate of drug-likeness (QED) is 0.843. The Morgan fingerprint density at radius 1 is 1.43 bits per heavy atom. The van der Waals surface area contributed by atoms with Crippen LogP contribution in [0.2, 0.25) is 0 Å². The third-order valence-corrected chi connectivity index (χ3v) is 5.02. The Balaban J connectivity index is 2.13. The molecular formula is C13H15FN2O3S2. The molecular weight excluding hydrogens is 315 g/mol. The van der Waals surface area contributed by atoms with E-state index in [1.54, 1.807) is 5.51 Å². The summed E-state index contributed by atoms with van der Waals surface area (Å²) in [5.74, 6) is -0.584. The Hall–Kier alpha value is -1.35.